The van der Waals surface area contributed by atoms with Crippen molar-refractivity contribution < 1.29 is 18.3 Å². The van der Waals surface area contributed by atoms with E-state index in [0.29, 0.717) is 12.0 Å². The monoisotopic (exact) mass is 257 g/mol. The lowest BCUT2D eigenvalue weighted by Gasteiger charge is -2.16. The zero-order valence-corrected chi connectivity index (χ0v) is 10.6. The fourth-order valence-corrected chi connectivity index (χ4v) is 2.39. The van der Waals surface area contributed by atoms with Crippen LogP contribution in [0.25, 0.3) is 0 Å². The number of ether oxygens (including phenoxy) is 2. The summed E-state index contributed by atoms with van der Waals surface area (Å²) in [5, 5.41) is 3.32. The highest BCUT2D eigenvalue weighted by molar-refractivity contribution is 5.48. The molecular weight excluding hydrogens is 240 g/mol. The maximum Gasteiger partial charge on any atom is 0.204 e. The average molecular weight is 257 g/mol. The van der Waals surface area contributed by atoms with Crippen LogP contribution in [0.4, 0.5) is 8.78 Å². The van der Waals surface area contributed by atoms with Gasteiger partial charge in [-0.15, -0.1) is 0 Å². The van der Waals surface area contributed by atoms with Crippen LogP contribution in [0.5, 0.6) is 11.5 Å². The summed E-state index contributed by atoms with van der Waals surface area (Å²) in [6, 6.07) is 1.48. The SMILES string of the molecule is COc1c(CC2CCCN2)cc(F)c(F)c1OC. The molecule has 0 spiro atoms. The van der Waals surface area contributed by atoms with Crippen molar-refractivity contribution in [3.8, 4) is 11.5 Å². The van der Waals surface area contributed by atoms with Crippen molar-refractivity contribution in [1.82, 2.24) is 5.32 Å². The van der Waals surface area contributed by atoms with Crippen molar-refractivity contribution in [3.63, 3.8) is 0 Å². The molecule has 1 aliphatic rings. The van der Waals surface area contributed by atoms with Crippen LogP contribution in [-0.4, -0.2) is 26.8 Å². The average Bonchev–Trinajstić information content (AvgIpc) is 2.86. The minimum atomic E-state index is -1.00. The summed E-state index contributed by atoms with van der Waals surface area (Å²) in [4.78, 5) is 0. The van der Waals surface area contributed by atoms with Crippen LogP contribution >= 0.6 is 0 Å². The van der Waals surface area contributed by atoms with Crippen molar-refractivity contribution in [3.05, 3.63) is 23.3 Å². The van der Waals surface area contributed by atoms with Gasteiger partial charge < -0.3 is 14.8 Å². The molecule has 1 N–H and O–H groups in total. The smallest absolute Gasteiger partial charge is 0.204 e. The molecule has 1 aromatic carbocycles. The van der Waals surface area contributed by atoms with Crippen LogP contribution in [0.2, 0.25) is 0 Å². The fraction of sp³-hybridized carbons (Fsp3) is 0.538. The van der Waals surface area contributed by atoms with E-state index in [4.69, 9.17) is 9.47 Å². The van der Waals surface area contributed by atoms with E-state index < -0.39 is 11.6 Å². The topological polar surface area (TPSA) is 30.5 Å². The van der Waals surface area contributed by atoms with Gasteiger partial charge in [-0.25, -0.2) is 4.39 Å². The summed E-state index contributed by atoms with van der Waals surface area (Å²) in [7, 11) is 2.73. The molecule has 5 heteroatoms. The number of halogens is 2. The minimum absolute atomic E-state index is 0.162. The Morgan fingerprint density at radius 2 is 2.00 bits per heavy atom. The molecule has 1 fully saturated rings. The van der Waals surface area contributed by atoms with Crippen LogP contribution < -0.4 is 14.8 Å². The van der Waals surface area contributed by atoms with Crippen LogP contribution in [0.3, 0.4) is 0 Å². The highest BCUT2D eigenvalue weighted by Gasteiger charge is 2.23. The van der Waals surface area contributed by atoms with Gasteiger partial charge >= 0.3 is 0 Å². The number of rotatable bonds is 4. The molecule has 1 aromatic rings. The third-order valence-corrected chi connectivity index (χ3v) is 3.24. The Hall–Kier alpha value is -1.36. The number of methoxy groups -OCH3 is 2. The van der Waals surface area contributed by atoms with Gasteiger partial charge in [-0.3, -0.25) is 0 Å². The maximum absolute atomic E-state index is 13.5. The molecular formula is C13H17F2NO2. The standard InChI is InChI=1S/C13H17F2NO2/c1-17-12-8(6-9-4-3-5-16-9)7-10(14)11(15)13(12)18-2/h7,9,16H,3-6H2,1-2H3. The van der Waals surface area contributed by atoms with Crippen molar-refractivity contribution in [2.45, 2.75) is 25.3 Å². The highest BCUT2D eigenvalue weighted by Crippen LogP contribution is 2.36. The Kier molecular flexibility index (Phi) is 4.01. The molecule has 2 rings (SSSR count). The molecule has 1 atom stereocenters. The maximum atomic E-state index is 13.5. The molecule has 1 heterocycles. The van der Waals surface area contributed by atoms with E-state index in [0.717, 1.165) is 19.4 Å². The van der Waals surface area contributed by atoms with Gasteiger partial charge in [0, 0.05) is 11.6 Å². The molecule has 18 heavy (non-hydrogen) atoms. The summed E-state index contributed by atoms with van der Waals surface area (Å²) in [6.07, 6.45) is 2.75. The van der Waals surface area contributed by atoms with E-state index in [1.165, 1.54) is 20.3 Å². The summed E-state index contributed by atoms with van der Waals surface area (Å²) in [5.74, 6) is -1.78. The van der Waals surface area contributed by atoms with Gasteiger partial charge in [0.25, 0.3) is 0 Å². The predicted molar refractivity (Wildman–Crippen MR) is 64.2 cm³/mol. The van der Waals surface area contributed by atoms with E-state index in [9.17, 15) is 8.78 Å². The first-order valence-corrected chi connectivity index (χ1v) is 5.99. The Morgan fingerprint density at radius 1 is 1.28 bits per heavy atom. The van der Waals surface area contributed by atoms with Crippen molar-refractivity contribution in [1.29, 1.82) is 0 Å². The summed E-state index contributed by atoms with van der Waals surface area (Å²) < 4.78 is 37.1. The number of hydrogen-bond donors (Lipinski definition) is 1. The Labute approximate surface area is 105 Å². The summed E-state index contributed by atoms with van der Waals surface area (Å²) in [6.45, 7) is 0.966. The van der Waals surface area contributed by atoms with Gasteiger partial charge in [0.2, 0.25) is 5.82 Å². The molecule has 0 bridgehead atoms. The third kappa shape index (κ3) is 2.41. The second-order valence-corrected chi connectivity index (χ2v) is 4.40. The second-order valence-electron chi connectivity index (χ2n) is 4.40. The molecule has 0 aliphatic carbocycles. The van der Waals surface area contributed by atoms with E-state index in [1.54, 1.807) is 0 Å². The first kappa shape index (κ1) is 13.1. The zero-order valence-electron chi connectivity index (χ0n) is 10.6. The van der Waals surface area contributed by atoms with E-state index >= 15 is 0 Å². The first-order valence-electron chi connectivity index (χ1n) is 5.99. The van der Waals surface area contributed by atoms with Gasteiger partial charge in [-0.2, -0.15) is 4.39 Å². The lowest BCUT2D eigenvalue weighted by Crippen LogP contribution is -2.24. The largest absolute Gasteiger partial charge is 0.492 e. The van der Waals surface area contributed by atoms with Crippen LogP contribution in [-0.2, 0) is 6.42 Å². The van der Waals surface area contributed by atoms with Crippen LogP contribution in [0.15, 0.2) is 6.07 Å². The molecule has 1 saturated heterocycles. The molecule has 0 amide bonds. The lowest BCUT2D eigenvalue weighted by atomic mass is 10.0. The van der Waals surface area contributed by atoms with Crippen molar-refractivity contribution in [2.24, 2.45) is 0 Å². The molecule has 3 nitrogen and oxygen atoms in total. The number of nitrogens with one attached hydrogen (secondary N) is 1. The lowest BCUT2D eigenvalue weighted by molar-refractivity contribution is 0.324. The Bertz CT molecular complexity index is 431. The molecule has 0 aromatic heterocycles. The third-order valence-electron chi connectivity index (χ3n) is 3.24. The van der Waals surface area contributed by atoms with Gasteiger partial charge in [0.15, 0.2) is 17.3 Å². The number of benzene rings is 1. The van der Waals surface area contributed by atoms with Crippen LogP contribution in [0, 0.1) is 11.6 Å². The molecule has 0 radical (unpaired) electrons. The molecule has 1 aliphatic heterocycles. The predicted octanol–water partition coefficient (Wildman–Crippen LogP) is 2.28. The zero-order chi connectivity index (χ0) is 13.1. The molecule has 0 saturated carbocycles. The van der Waals surface area contributed by atoms with E-state index in [2.05, 4.69) is 5.32 Å². The van der Waals surface area contributed by atoms with Gasteiger partial charge in [-0.05, 0) is 31.9 Å². The minimum Gasteiger partial charge on any atom is -0.492 e. The molecule has 1 unspecified atom stereocenters. The first-order chi connectivity index (χ1) is 8.67. The normalized spacial score (nSPS) is 19.0. The van der Waals surface area contributed by atoms with Crippen molar-refractivity contribution >= 4 is 0 Å². The van der Waals surface area contributed by atoms with Crippen molar-refractivity contribution in [2.75, 3.05) is 20.8 Å². The van der Waals surface area contributed by atoms with E-state index in [-0.39, 0.29) is 17.5 Å². The Balaban J connectivity index is 2.35. The van der Waals surface area contributed by atoms with E-state index in [1.807, 2.05) is 0 Å². The molecule has 100 valence electrons. The van der Waals surface area contributed by atoms with Gasteiger partial charge in [-0.1, -0.05) is 0 Å². The second kappa shape index (κ2) is 5.52. The number of hydrogen-bond acceptors (Lipinski definition) is 3. The Morgan fingerprint density at radius 3 is 2.56 bits per heavy atom. The quantitative estimate of drug-likeness (QED) is 0.897. The van der Waals surface area contributed by atoms with Gasteiger partial charge in [0.05, 0.1) is 14.2 Å². The van der Waals surface area contributed by atoms with Crippen LogP contribution in [0.1, 0.15) is 18.4 Å². The summed E-state index contributed by atoms with van der Waals surface area (Å²) in [5.41, 5.74) is 0.632. The summed E-state index contributed by atoms with van der Waals surface area (Å²) >= 11 is 0. The highest BCUT2D eigenvalue weighted by atomic mass is 19.2. The van der Waals surface area contributed by atoms with Gasteiger partial charge in [0.1, 0.15) is 0 Å². The fourth-order valence-electron chi connectivity index (χ4n) is 2.39.